The molecule has 9 rings (SSSR count). The number of carbonyl (C=O) groups is 2. The maximum Gasteiger partial charge on any atom is 0.268 e. The van der Waals surface area contributed by atoms with Crippen LogP contribution < -0.4 is 4.90 Å². The monoisotopic (exact) mass is 739 g/mol. The Hall–Kier alpha value is -7.11. The molecule has 2 amide bonds. The van der Waals surface area contributed by atoms with Gasteiger partial charge in [0, 0.05) is 45.7 Å². The van der Waals surface area contributed by atoms with Crippen molar-refractivity contribution >= 4 is 34.5 Å². The summed E-state index contributed by atoms with van der Waals surface area (Å²) in [5.41, 5.74) is 13.6. The van der Waals surface area contributed by atoms with Gasteiger partial charge in [-0.15, -0.1) is 0 Å². The van der Waals surface area contributed by atoms with Crippen molar-refractivity contribution in [1.29, 1.82) is 0 Å². The predicted molar refractivity (Wildman–Crippen MR) is 234 cm³/mol. The van der Waals surface area contributed by atoms with Gasteiger partial charge in [-0.05, 0) is 83.5 Å². The minimum atomic E-state index is -0.356. The molecular formula is C52H41N3O2. The van der Waals surface area contributed by atoms with Gasteiger partial charge in [0.25, 0.3) is 11.8 Å². The summed E-state index contributed by atoms with van der Waals surface area (Å²) in [5.74, 6) is -0.364. The molecule has 0 saturated heterocycles. The number of rotatable bonds is 8. The maximum absolute atomic E-state index is 15.5. The molecule has 5 heteroatoms. The van der Waals surface area contributed by atoms with Crippen molar-refractivity contribution in [3.05, 3.63) is 192 Å². The lowest BCUT2D eigenvalue weighted by molar-refractivity contribution is 0.0926. The van der Waals surface area contributed by atoms with Crippen LogP contribution in [-0.4, -0.2) is 21.4 Å². The Morgan fingerprint density at radius 3 is 1.79 bits per heavy atom. The minimum absolute atomic E-state index is 0.341. The van der Waals surface area contributed by atoms with E-state index in [1.807, 2.05) is 109 Å². The second kappa shape index (κ2) is 14.5. The fraction of sp³-hybridized carbons (Fsp3) is 0.0962. The van der Waals surface area contributed by atoms with Crippen molar-refractivity contribution in [3.8, 4) is 50.2 Å². The molecule has 0 unspecified atom stereocenters. The molecule has 0 saturated carbocycles. The first-order valence-corrected chi connectivity index (χ1v) is 19.4. The smallest absolute Gasteiger partial charge is 0.268 e. The molecule has 57 heavy (non-hydrogen) atoms. The fourth-order valence-corrected chi connectivity index (χ4v) is 8.28. The van der Waals surface area contributed by atoms with E-state index in [4.69, 9.17) is 0 Å². The highest BCUT2D eigenvalue weighted by Crippen LogP contribution is 2.47. The standard InChI is InChI=1S/C52H41N3O2/c1-33(2)26-27-41-35(4)54(49-42(22-14-23-43(41)49)40-28-29-53-32-34(40)3)47-25-15-24-44-48(47)52(57)55(51(44)56)50-45(37-18-10-6-11-19-37)30-39(36-16-8-5-9-17-36)31-46(50)38-20-12-7-13-21-38/h5-33H,1-4H3/b27-26-. The van der Waals surface area contributed by atoms with E-state index in [9.17, 15) is 0 Å². The number of hydrogen-bond donors (Lipinski definition) is 0. The third-order valence-electron chi connectivity index (χ3n) is 11.0. The first-order chi connectivity index (χ1) is 27.8. The first-order valence-electron chi connectivity index (χ1n) is 19.4. The van der Waals surface area contributed by atoms with Gasteiger partial charge in [-0.1, -0.05) is 141 Å². The number of pyridine rings is 1. The minimum Gasteiger partial charge on any atom is -0.312 e. The summed E-state index contributed by atoms with van der Waals surface area (Å²) in [6.45, 7) is 8.50. The van der Waals surface area contributed by atoms with Crippen molar-refractivity contribution in [2.24, 2.45) is 5.92 Å². The number of allylic oxidation sites excluding steroid dienone is 1. The zero-order valence-electron chi connectivity index (χ0n) is 32.4. The van der Waals surface area contributed by atoms with E-state index in [1.54, 1.807) is 6.07 Å². The Morgan fingerprint density at radius 2 is 1.18 bits per heavy atom. The zero-order chi connectivity index (χ0) is 39.2. The summed E-state index contributed by atoms with van der Waals surface area (Å²) < 4.78 is 2.19. The van der Waals surface area contributed by atoms with Crippen LogP contribution in [0.4, 0.5) is 5.69 Å². The molecule has 1 aliphatic heterocycles. The molecule has 276 valence electrons. The average Bonchev–Trinajstić information content (AvgIpc) is 3.68. The molecule has 0 N–H and O–H groups in total. The molecule has 0 fully saturated rings. The lowest BCUT2D eigenvalue weighted by Gasteiger charge is -2.24. The zero-order valence-corrected chi connectivity index (χ0v) is 32.4. The normalized spacial score (nSPS) is 12.7. The van der Waals surface area contributed by atoms with Crippen molar-refractivity contribution in [2.45, 2.75) is 27.7 Å². The van der Waals surface area contributed by atoms with Crippen molar-refractivity contribution in [2.75, 3.05) is 4.90 Å². The van der Waals surface area contributed by atoms with Crippen LogP contribution in [0.2, 0.25) is 0 Å². The lowest BCUT2D eigenvalue weighted by atomic mass is 9.90. The van der Waals surface area contributed by atoms with E-state index in [0.717, 1.165) is 72.2 Å². The van der Waals surface area contributed by atoms with Crippen LogP contribution in [0.25, 0.3) is 67.2 Å². The summed E-state index contributed by atoms with van der Waals surface area (Å²) in [7, 11) is 0. The summed E-state index contributed by atoms with van der Waals surface area (Å²) in [4.78, 5) is 36.3. The summed E-state index contributed by atoms with van der Waals surface area (Å²) >= 11 is 0. The van der Waals surface area contributed by atoms with E-state index >= 15 is 9.59 Å². The Kier molecular flexibility index (Phi) is 9.06. The topological polar surface area (TPSA) is 55.2 Å². The van der Waals surface area contributed by atoms with Gasteiger partial charge in [0.2, 0.25) is 0 Å². The maximum atomic E-state index is 15.5. The van der Waals surface area contributed by atoms with Gasteiger partial charge in [0.05, 0.1) is 28.0 Å². The number of aryl methyl sites for hydroxylation is 1. The van der Waals surface area contributed by atoms with Gasteiger partial charge in [0.15, 0.2) is 0 Å². The second-order valence-corrected chi connectivity index (χ2v) is 15.0. The van der Waals surface area contributed by atoms with Crippen LogP contribution >= 0.6 is 0 Å². The molecule has 2 aromatic heterocycles. The number of carbonyl (C=O) groups excluding carboxylic acids is 2. The van der Waals surface area contributed by atoms with Gasteiger partial charge in [-0.3, -0.25) is 14.6 Å². The highest BCUT2D eigenvalue weighted by atomic mass is 16.2. The highest BCUT2D eigenvalue weighted by Gasteiger charge is 2.42. The molecule has 8 aromatic rings. The Morgan fingerprint density at radius 1 is 0.579 bits per heavy atom. The van der Waals surface area contributed by atoms with Gasteiger partial charge in [-0.25, -0.2) is 4.90 Å². The summed E-state index contributed by atoms with van der Waals surface area (Å²) in [6, 6.07) is 48.6. The second-order valence-electron chi connectivity index (χ2n) is 15.0. The van der Waals surface area contributed by atoms with Crippen LogP contribution in [0.1, 0.15) is 51.4 Å². The van der Waals surface area contributed by atoms with Gasteiger partial charge < -0.3 is 4.57 Å². The summed E-state index contributed by atoms with van der Waals surface area (Å²) in [5, 5.41) is 1.07. The molecule has 0 atom stereocenters. The predicted octanol–water partition coefficient (Wildman–Crippen LogP) is 12.8. The fourth-order valence-electron chi connectivity index (χ4n) is 8.28. The van der Waals surface area contributed by atoms with Gasteiger partial charge >= 0.3 is 0 Å². The van der Waals surface area contributed by atoms with E-state index < -0.39 is 0 Å². The number of benzene rings is 6. The third-order valence-corrected chi connectivity index (χ3v) is 11.0. The molecule has 6 aromatic carbocycles. The number of hydrogen-bond acceptors (Lipinski definition) is 3. The van der Waals surface area contributed by atoms with E-state index in [0.29, 0.717) is 28.4 Å². The quantitative estimate of drug-likeness (QED) is 0.146. The molecule has 5 nitrogen and oxygen atoms in total. The molecule has 1 aliphatic rings. The van der Waals surface area contributed by atoms with E-state index in [-0.39, 0.29) is 11.8 Å². The molecule has 3 heterocycles. The highest BCUT2D eigenvalue weighted by molar-refractivity contribution is 6.37. The number of nitrogens with zero attached hydrogens (tertiary/aromatic N) is 3. The number of amides is 2. The van der Waals surface area contributed by atoms with Crippen LogP contribution in [0, 0.1) is 19.8 Å². The number of fused-ring (bicyclic) bond motifs is 2. The first kappa shape index (κ1) is 35.6. The SMILES string of the molecule is Cc1cnccc1-c1cccc2c(/C=C\C(C)C)c(C)n(-c3cccc4c3C(=O)N(c3c(-c5ccccc5)cc(-c5ccccc5)cc3-c3ccccc3)C4=O)c12. The lowest BCUT2D eigenvalue weighted by Crippen LogP contribution is -2.30. The molecular weight excluding hydrogens is 699 g/mol. The van der Waals surface area contributed by atoms with E-state index in [2.05, 4.69) is 91.9 Å². The largest absolute Gasteiger partial charge is 0.312 e. The number of imide groups is 1. The van der Waals surface area contributed by atoms with Crippen molar-refractivity contribution in [3.63, 3.8) is 0 Å². The molecule has 0 aliphatic carbocycles. The number of para-hydroxylation sites is 1. The van der Waals surface area contributed by atoms with Crippen LogP contribution in [0.5, 0.6) is 0 Å². The Labute approximate surface area is 333 Å². The van der Waals surface area contributed by atoms with Gasteiger partial charge in [0.1, 0.15) is 0 Å². The number of aromatic nitrogens is 2. The molecule has 0 spiro atoms. The van der Waals surface area contributed by atoms with E-state index in [1.165, 1.54) is 4.90 Å². The summed E-state index contributed by atoms with van der Waals surface area (Å²) in [6.07, 6.45) is 8.10. The average molecular weight is 740 g/mol. The molecule has 0 radical (unpaired) electrons. The van der Waals surface area contributed by atoms with Crippen molar-refractivity contribution in [1.82, 2.24) is 9.55 Å². The Bertz CT molecular complexity index is 2810. The Balaban J connectivity index is 1.32. The van der Waals surface area contributed by atoms with Crippen molar-refractivity contribution < 1.29 is 9.59 Å². The third kappa shape index (κ3) is 6.09. The van der Waals surface area contributed by atoms with Crippen LogP contribution in [0.15, 0.2) is 164 Å². The number of anilines is 1. The molecule has 0 bridgehead atoms. The van der Waals surface area contributed by atoms with Crippen LogP contribution in [-0.2, 0) is 0 Å². The van der Waals surface area contributed by atoms with Crippen LogP contribution in [0.3, 0.4) is 0 Å². The van der Waals surface area contributed by atoms with Gasteiger partial charge in [-0.2, -0.15) is 0 Å².